The number of hydrogen-bond acceptors (Lipinski definition) is 2. The van der Waals surface area contributed by atoms with E-state index < -0.39 is 0 Å². The topological polar surface area (TPSA) is 21.6 Å². The maximum Gasteiger partial charge on any atom is 0.142 e. The second kappa shape index (κ2) is 5.12. The monoisotopic (exact) mass is 211 g/mol. The molecule has 0 N–H and O–H groups in total. The molecule has 0 atom stereocenters. The van der Waals surface area contributed by atoms with Gasteiger partial charge >= 0.3 is 0 Å². The van der Waals surface area contributed by atoms with Crippen LogP contribution in [0.25, 0.3) is 11.1 Å². The highest BCUT2D eigenvalue weighted by Gasteiger charge is 1.97. The average Bonchev–Trinajstić information content (AvgIpc) is 2.38. The van der Waals surface area contributed by atoms with Crippen molar-refractivity contribution >= 4 is 6.72 Å². The van der Waals surface area contributed by atoms with Crippen LogP contribution >= 0.6 is 0 Å². The van der Waals surface area contributed by atoms with Crippen molar-refractivity contribution in [1.29, 1.82) is 0 Å². The van der Waals surface area contributed by atoms with Crippen LogP contribution in [-0.4, -0.2) is 6.72 Å². The summed E-state index contributed by atoms with van der Waals surface area (Å²) >= 11 is 0. The van der Waals surface area contributed by atoms with Gasteiger partial charge in [0.05, 0.1) is 0 Å². The standard InChI is InChI=1S/C14H13NO/c1-15-16-11-12-7-9-14(10-8-12)13-5-3-2-4-6-13/h2-10H,1,11H2. The van der Waals surface area contributed by atoms with Crippen LogP contribution in [0.15, 0.2) is 59.8 Å². The van der Waals surface area contributed by atoms with Crippen molar-refractivity contribution in [3.63, 3.8) is 0 Å². The van der Waals surface area contributed by atoms with E-state index in [4.69, 9.17) is 4.84 Å². The van der Waals surface area contributed by atoms with Gasteiger partial charge in [0.2, 0.25) is 0 Å². The normalized spacial score (nSPS) is 9.75. The summed E-state index contributed by atoms with van der Waals surface area (Å²) in [5, 5.41) is 3.36. The van der Waals surface area contributed by atoms with E-state index >= 15 is 0 Å². The van der Waals surface area contributed by atoms with Crippen molar-refractivity contribution in [2.45, 2.75) is 6.61 Å². The molecular weight excluding hydrogens is 198 g/mol. The van der Waals surface area contributed by atoms with Crippen LogP contribution < -0.4 is 0 Å². The summed E-state index contributed by atoms with van der Waals surface area (Å²) in [5.74, 6) is 0. The molecule has 0 aliphatic heterocycles. The van der Waals surface area contributed by atoms with Gasteiger partial charge in [-0.15, -0.1) is 5.16 Å². The van der Waals surface area contributed by atoms with Crippen molar-refractivity contribution in [2.75, 3.05) is 0 Å². The van der Waals surface area contributed by atoms with Gasteiger partial charge in [0, 0.05) is 6.72 Å². The predicted octanol–water partition coefficient (Wildman–Crippen LogP) is 3.49. The highest BCUT2D eigenvalue weighted by Crippen LogP contribution is 2.19. The first-order valence-electron chi connectivity index (χ1n) is 5.12. The average molecular weight is 211 g/mol. The van der Waals surface area contributed by atoms with Crippen LogP contribution in [0.1, 0.15) is 5.56 Å². The van der Waals surface area contributed by atoms with Crippen LogP contribution in [0.3, 0.4) is 0 Å². The molecule has 0 bridgehead atoms. The molecule has 0 saturated heterocycles. The van der Waals surface area contributed by atoms with Gasteiger partial charge in [-0.25, -0.2) is 0 Å². The quantitative estimate of drug-likeness (QED) is 0.560. The van der Waals surface area contributed by atoms with E-state index in [0.717, 1.165) is 5.56 Å². The predicted molar refractivity (Wildman–Crippen MR) is 66.2 cm³/mol. The Balaban J connectivity index is 2.16. The second-order valence-corrected chi connectivity index (χ2v) is 3.47. The van der Waals surface area contributed by atoms with E-state index in [0.29, 0.717) is 6.61 Å². The zero-order chi connectivity index (χ0) is 11.2. The molecule has 0 spiro atoms. The highest BCUT2D eigenvalue weighted by molar-refractivity contribution is 5.63. The summed E-state index contributed by atoms with van der Waals surface area (Å²) in [6, 6.07) is 18.5. The van der Waals surface area contributed by atoms with Gasteiger partial charge in [0.1, 0.15) is 6.61 Å². The molecule has 0 saturated carbocycles. The van der Waals surface area contributed by atoms with Crippen molar-refractivity contribution in [3.05, 3.63) is 60.2 Å². The fourth-order valence-electron chi connectivity index (χ4n) is 1.54. The molecule has 2 nitrogen and oxygen atoms in total. The van der Waals surface area contributed by atoms with Gasteiger partial charge in [-0.2, -0.15) is 0 Å². The largest absolute Gasteiger partial charge is 0.391 e. The lowest BCUT2D eigenvalue weighted by Gasteiger charge is -2.03. The van der Waals surface area contributed by atoms with E-state index in [9.17, 15) is 0 Å². The van der Waals surface area contributed by atoms with Crippen LogP contribution in [-0.2, 0) is 11.4 Å². The lowest BCUT2D eigenvalue weighted by molar-refractivity contribution is 0.133. The van der Waals surface area contributed by atoms with Crippen LogP contribution in [0.5, 0.6) is 0 Å². The number of hydrogen-bond donors (Lipinski definition) is 0. The van der Waals surface area contributed by atoms with Crippen molar-refractivity contribution in [3.8, 4) is 11.1 Å². The van der Waals surface area contributed by atoms with Crippen molar-refractivity contribution in [2.24, 2.45) is 5.16 Å². The molecule has 2 aromatic rings. The summed E-state index contributed by atoms with van der Waals surface area (Å²) in [6.07, 6.45) is 0. The lowest BCUT2D eigenvalue weighted by atomic mass is 10.0. The number of nitrogens with zero attached hydrogens (tertiary/aromatic N) is 1. The van der Waals surface area contributed by atoms with E-state index in [1.807, 2.05) is 30.3 Å². The number of rotatable bonds is 4. The Morgan fingerprint density at radius 3 is 2.12 bits per heavy atom. The maximum absolute atomic E-state index is 4.88. The summed E-state index contributed by atoms with van der Waals surface area (Å²) in [5.41, 5.74) is 3.51. The molecule has 2 rings (SSSR count). The fourth-order valence-corrected chi connectivity index (χ4v) is 1.54. The molecular formula is C14H13NO. The van der Waals surface area contributed by atoms with Gasteiger partial charge in [-0.3, -0.25) is 0 Å². The molecule has 0 aromatic heterocycles. The van der Waals surface area contributed by atoms with E-state index in [2.05, 4.69) is 36.1 Å². The Bertz CT molecular complexity index is 448. The molecule has 80 valence electrons. The van der Waals surface area contributed by atoms with Crippen LogP contribution in [0.2, 0.25) is 0 Å². The molecule has 0 radical (unpaired) electrons. The Morgan fingerprint density at radius 1 is 0.875 bits per heavy atom. The third-order valence-corrected chi connectivity index (χ3v) is 2.38. The van der Waals surface area contributed by atoms with E-state index in [-0.39, 0.29) is 0 Å². The Labute approximate surface area is 95.2 Å². The molecule has 0 fully saturated rings. The molecule has 0 aliphatic carbocycles. The van der Waals surface area contributed by atoms with Crippen molar-refractivity contribution < 1.29 is 4.84 Å². The third kappa shape index (κ3) is 2.48. The zero-order valence-electron chi connectivity index (χ0n) is 8.97. The lowest BCUT2D eigenvalue weighted by Crippen LogP contribution is -1.86. The fraction of sp³-hybridized carbons (Fsp3) is 0.0714. The first-order chi connectivity index (χ1) is 7.90. The minimum absolute atomic E-state index is 0.471. The summed E-state index contributed by atoms with van der Waals surface area (Å²) in [4.78, 5) is 4.88. The van der Waals surface area contributed by atoms with Gasteiger partial charge in [0.15, 0.2) is 0 Å². The van der Waals surface area contributed by atoms with E-state index in [1.54, 1.807) is 0 Å². The van der Waals surface area contributed by atoms with E-state index in [1.165, 1.54) is 11.1 Å². The molecule has 0 amide bonds. The summed E-state index contributed by atoms with van der Waals surface area (Å²) in [6.45, 7) is 3.74. The zero-order valence-corrected chi connectivity index (χ0v) is 8.97. The van der Waals surface area contributed by atoms with Gasteiger partial charge in [-0.05, 0) is 16.7 Å². The summed E-state index contributed by atoms with van der Waals surface area (Å²) < 4.78 is 0. The third-order valence-electron chi connectivity index (χ3n) is 2.38. The number of oxime groups is 1. The highest BCUT2D eigenvalue weighted by atomic mass is 16.6. The first-order valence-corrected chi connectivity index (χ1v) is 5.12. The molecule has 16 heavy (non-hydrogen) atoms. The SMILES string of the molecule is C=NOCc1ccc(-c2ccccc2)cc1. The van der Waals surface area contributed by atoms with Gasteiger partial charge in [0.25, 0.3) is 0 Å². The van der Waals surface area contributed by atoms with Gasteiger partial charge in [-0.1, -0.05) is 54.6 Å². The molecule has 2 aromatic carbocycles. The Hall–Kier alpha value is -2.09. The van der Waals surface area contributed by atoms with Gasteiger partial charge < -0.3 is 4.84 Å². The smallest absolute Gasteiger partial charge is 0.142 e. The summed E-state index contributed by atoms with van der Waals surface area (Å²) in [7, 11) is 0. The van der Waals surface area contributed by atoms with Crippen LogP contribution in [0.4, 0.5) is 0 Å². The molecule has 2 heteroatoms. The second-order valence-electron chi connectivity index (χ2n) is 3.47. The van der Waals surface area contributed by atoms with Crippen LogP contribution in [0, 0.1) is 0 Å². The first kappa shape index (κ1) is 10.4. The molecule has 0 aliphatic rings. The molecule has 0 unspecified atom stereocenters. The number of benzene rings is 2. The Kier molecular flexibility index (Phi) is 3.34. The minimum Gasteiger partial charge on any atom is -0.391 e. The molecule has 0 heterocycles. The van der Waals surface area contributed by atoms with Crippen molar-refractivity contribution in [1.82, 2.24) is 0 Å². The minimum atomic E-state index is 0.471. The Morgan fingerprint density at radius 2 is 1.50 bits per heavy atom. The maximum atomic E-state index is 4.88.